The molecule has 0 atom stereocenters. The molecule has 0 radical (unpaired) electrons. The highest BCUT2D eigenvalue weighted by Crippen LogP contribution is 2.38. The average molecular weight is 425 g/mol. The van der Waals surface area contributed by atoms with Crippen LogP contribution in [0.2, 0.25) is 0 Å². The molecule has 0 aliphatic carbocycles. The van der Waals surface area contributed by atoms with Gasteiger partial charge in [0.25, 0.3) is 10.0 Å². The summed E-state index contributed by atoms with van der Waals surface area (Å²) in [5, 5.41) is 0.461. The number of ether oxygens (including phenoxy) is 3. The van der Waals surface area contributed by atoms with Gasteiger partial charge in [0.1, 0.15) is 5.75 Å². The molecule has 0 aliphatic heterocycles. The number of hydrogen-bond acceptors (Lipinski definition) is 7. The number of methoxy groups -OCH3 is 3. The average Bonchev–Trinajstić information content (AvgIpc) is 3.19. The minimum absolute atomic E-state index is 0.00300. The molecule has 8 nitrogen and oxygen atoms in total. The Morgan fingerprint density at radius 1 is 0.833 bits per heavy atom. The van der Waals surface area contributed by atoms with Gasteiger partial charge in [-0.2, -0.15) is 9.97 Å². The van der Waals surface area contributed by atoms with Crippen molar-refractivity contribution in [3.8, 4) is 28.8 Å². The van der Waals surface area contributed by atoms with Gasteiger partial charge in [-0.3, -0.25) is 0 Å². The maximum atomic E-state index is 13.4. The number of rotatable bonds is 6. The van der Waals surface area contributed by atoms with E-state index in [9.17, 15) is 8.42 Å². The van der Waals surface area contributed by atoms with Crippen LogP contribution in [-0.2, 0) is 10.0 Å². The second-order valence-corrected chi connectivity index (χ2v) is 8.12. The van der Waals surface area contributed by atoms with Crippen molar-refractivity contribution in [2.24, 2.45) is 0 Å². The molecule has 0 bridgehead atoms. The highest BCUT2D eigenvalue weighted by atomic mass is 32.2. The quantitative estimate of drug-likeness (QED) is 0.468. The Kier molecular flexibility index (Phi) is 5.04. The predicted molar refractivity (Wildman–Crippen MR) is 112 cm³/mol. The Hall–Kier alpha value is -3.59. The lowest BCUT2D eigenvalue weighted by Crippen LogP contribution is -2.12. The van der Waals surface area contributed by atoms with E-state index in [0.717, 1.165) is 9.54 Å². The Labute approximate surface area is 173 Å². The normalized spacial score (nSPS) is 11.4. The number of benzene rings is 2. The third-order valence-electron chi connectivity index (χ3n) is 4.64. The van der Waals surface area contributed by atoms with E-state index < -0.39 is 10.0 Å². The van der Waals surface area contributed by atoms with Crippen LogP contribution < -0.4 is 14.2 Å². The van der Waals surface area contributed by atoms with Gasteiger partial charge in [-0.15, -0.1) is 0 Å². The molecule has 4 aromatic rings. The number of fused-ring (bicyclic) bond motifs is 1. The van der Waals surface area contributed by atoms with Crippen LogP contribution >= 0.6 is 0 Å². The van der Waals surface area contributed by atoms with E-state index in [1.165, 1.54) is 32.5 Å². The van der Waals surface area contributed by atoms with Crippen molar-refractivity contribution in [2.75, 3.05) is 21.3 Å². The van der Waals surface area contributed by atoms with Crippen LogP contribution in [0.1, 0.15) is 0 Å². The monoisotopic (exact) mass is 425 g/mol. The van der Waals surface area contributed by atoms with Gasteiger partial charge in [0.15, 0.2) is 5.65 Å². The maximum Gasteiger partial charge on any atom is 0.321 e. The van der Waals surface area contributed by atoms with Crippen LogP contribution in [0.25, 0.3) is 22.2 Å². The first-order valence-corrected chi connectivity index (χ1v) is 10.4. The lowest BCUT2D eigenvalue weighted by Gasteiger charge is -2.08. The molecule has 30 heavy (non-hydrogen) atoms. The fraction of sp³-hybridized carbons (Fsp3) is 0.143. The van der Waals surface area contributed by atoms with Crippen molar-refractivity contribution < 1.29 is 22.6 Å². The van der Waals surface area contributed by atoms with Crippen LogP contribution in [-0.4, -0.2) is 43.7 Å². The topological polar surface area (TPSA) is 92.5 Å². The van der Waals surface area contributed by atoms with Gasteiger partial charge in [0, 0.05) is 11.8 Å². The molecule has 2 heterocycles. The van der Waals surface area contributed by atoms with E-state index in [2.05, 4.69) is 9.97 Å². The molecule has 2 aromatic carbocycles. The summed E-state index contributed by atoms with van der Waals surface area (Å²) < 4.78 is 43.7. The molecule has 0 saturated carbocycles. The molecule has 0 N–H and O–H groups in total. The zero-order chi connectivity index (χ0) is 21.3. The van der Waals surface area contributed by atoms with Crippen molar-refractivity contribution in [1.29, 1.82) is 0 Å². The van der Waals surface area contributed by atoms with Crippen molar-refractivity contribution in [3.63, 3.8) is 0 Å². The molecular formula is C21H19N3O5S. The summed E-state index contributed by atoms with van der Waals surface area (Å²) in [5.41, 5.74) is 1.52. The minimum Gasteiger partial charge on any atom is -0.497 e. The van der Waals surface area contributed by atoms with Crippen molar-refractivity contribution >= 4 is 21.1 Å². The number of aromatic nitrogens is 3. The second kappa shape index (κ2) is 7.68. The van der Waals surface area contributed by atoms with Gasteiger partial charge in [0.05, 0.1) is 31.6 Å². The first kappa shape index (κ1) is 19.7. The maximum absolute atomic E-state index is 13.4. The van der Waals surface area contributed by atoms with Crippen LogP contribution in [0, 0.1) is 0 Å². The lowest BCUT2D eigenvalue weighted by molar-refractivity contribution is 0.356. The first-order chi connectivity index (χ1) is 14.5. The van der Waals surface area contributed by atoms with E-state index in [-0.39, 0.29) is 22.4 Å². The SMILES string of the molecule is COc1ccc(-c2cn(S(=O)(=O)c3ccccc3)c3nc(OC)nc(OC)c23)cc1. The Morgan fingerprint density at radius 3 is 2.13 bits per heavy atom. The molecule has 4 rings (SSSR count). The smallest absolute Gasteiger partial charge is 0.321 e. The van der Waals surface area contributed by atoms with Crippen molar-refractivity contribution in [2.45, 2.75) is 4.90 Å². The fourth-order valence-electron chi connectivity index (χ4n) is 3.17. The van der Waals surface area contributed by atoms with Crippen LogP contribution in [0.4, 0.5) is 0 Å². The fourth-order valence-corrected chi connectivity index (χ4v) is 4.50. The Morgan fingerprint density at radius 2 is 1.53 bits per heavy atom. The Balaban J connectivity index is 2.06. The van der Waals surface area contributed by atoms with Crippen molar-refractivity contribution in [1.82, 2.24) is 13.9 Å². The van der Waals surface area contributed by atoms with E-state index in [0.29, 0.717) is 16.7 Å². The van der Waals surface area contributed by atoms with Crippen LogP contribution in [0.3, 0.4) is 0 Å². The van der Waals surface area contributed by atoms with E-state index >= 15 is 0 Å². The first-order valence-electron chi connectivity index (χ1n) is 8.95. The Bertz CT molecular complexity index is 1300. The van der Waals surface area contributed by atoms with E-state index in [1.807, 2.05) is 12.1 Å². The highest BCUT2D eigenvalue weighted by Gasteiger charge is 2.26. The van der Waals surface area contributed by atoms with Gasteiger partial charge in [-0.25, -0.2) is 12.4 Å². The van der Waals surface area contributed by atoms with Gasteiger partial charge in [-0.1, -0.05) is 30.3 Å². The van der Waals surface area contributed by atoms with Gasteiger partial charge in [0.2, 0.25) is 5.88 Å². The van der Waals surface area contributed by atoms with Gasteiger partial charge >= 0.3 is 6.01 Å². The number of hydrogen-bond donors (Lipinski definition) is 0. The van der Waals surface area contributed by atoms with Gasteiger partial charge < -0.3 is 14.2 Å². The molecule has 0 saturated heterocycles. The zero-order valence-electron chi connectivity index (χ0n) is 16.6. The minimum atomic E-state index is -3.92. The summed E-state index contributed by atoms with van der Waals surface area (Å²) in [7, 11) is 0.522. The molecule has 0 amide bonds. The molecule has 9 heteroatoms. The lowest BCUT2D eigenvalue weighted by atomic mass is 10.1. The molecule has 0 fully saturated rings. The number of nitrogens with zero attached hydrogens (tertiary/aromatic N) is 3. The molecule has 154 valence electrons. The third-order valence-corrected chi connectivity index (χ3v) is 6.30. The predicted octanol–water partition coefficient (Wildman–Crippen LogP) is 3.36. The van der Waals surface area contributed by atoms with Crippen LogP contribution in [0.5, 0.6) is 17.6 Å². The van der Waals surface area contributed by atoms with E-state index in [4.69, 9.17) is 14.2 Å². The summed E-state index contributed by atoms with van der Waals surface area (Å²) in [5.74, 6) is 0.897. The largest absolute Gasteiger partial charge is 0.497 e. The second-order valence-electron chi connectivity index (χ2n) is 6.30. The molecular weight excluding hydrogens is 406 g/mol. The summed E-state index contributed by atoms with van der Waals surface area (Å²) in [4.78, 5) is 8.70. The van der Waals surface area contributed by atoms with Gasteiger partial charge in [-0.05, 0) is 29.8 Å². The van der Waals surface area contributed by atoms with E-state index in [1.54, 1.807) is 37.4 Å². The summed E-state index contributed by atoms with van der Waals surface area (Å²) in [6.45, 7) is 0. The highest BCUT2D eigenvalue weighted by molar-refractivity contribution is 7.90. The summed E-state index contributed by atoms with van der Waals surface area (Å²) in [6.07, 6.45) is 1.52. The molecule has 0 spiro atoms. The molecule has 0 unspecified atom stereocenters. The zero-order valence-corrected chi connectivity index (χ0v) is 17.4. The summed E-state index contributed by atoms with van der Waals surface area (Å²) >= 11 is 0. The summed E-state index contributed by atoms with van der Waals surface area (Å²) in [6, 6.07) is 15.4. The third kappa shape index (κ3) is 3.22. The van der Waals surface area contributed by atoms with Crippen LogP contribution in [0.15, 0.2) is 65.7 Å². The standard InChI is InChI=1S/C21H19N3O5S/c1-27-15-11-9-14(10-12-15)17-13-24(30(25,26)16-7-5-4-6-8-16)19-18(17)20(28-2)23-21(22-19)29-3/h4-13H,1-3H3. The molecule has 2 aromatic heterocycles. The van der Waals surface area contributed by atoms with Crippen molar-refractivity contribution in [3.05, 3.63) is 60.8 Å². The molecule has 0 aliphatic rings.